The van der Waals surface area contributed by atoms with E-state index in [0.717, 1.165) is 40.3 Å². The Hall–Kier alpha value is -2.81. The Bertz CT molecular complexity index is 1120. The second-order valence-electron chi connectivity index (χ2n) is 8.58. The van der Waals surface area contributed by atoms with Crippen LogP contribution in [0.15, 0.2) is 41.0 Å². The smallest absolute Gasteiger partial charge is 0.222 e. The molecule has 0 saturated carbocycles. The summed E-state index contributed by atoms with van der Waals surface area (Å²) in [4.78, 5) is 4.81. The van der Waals surface area contributed by atoms with Gasteiger partial charge in [-0.25, -0.2) is 9.67 Å². The summed E-state index contributed by atoms with van der Waals surface area (Å²) in [6.45, 7) is 9.54. The molecule has 0 saturated heterocycles. The van der Waals surface area contributed by atoms with Crippen molar-refractivity contribution >= 4 is 15.9 Å². The highest BCUT2D eigenvalue weighted by atomic mass is 79.9. The van der Waals surface area contributed by atoms with Gasteiger partial charge in [-0.2, -0.15) is 10.3 Å². The number of halogens is 1. The average Bonchev–Trinajstić information content (AvgIpc) is 3.43. The van der Waals surface area contributed by atoms with Gasteiger partial charge in [0, 0.05) is 29.2 Å². The number of H-pyrrole nitrogens is 1. The highest BCUT2D eigenvalue weighted by molar-refractivity contribution is 9.10. The van der Waals surface area contributed by atoms with Gasteiger partial charge in [0.2, 0.25) is 5.82 Å². The number of aromatic nitrogens is 8. The van der Waals surface area contributed by atoms with Crippen molar-refractivity contribution in [3.05, 3.63) is 58.2 Å². The van der Waals surface area contributed by atoms with Crippen LogP contribution in [0.2, 0.25) is 0 Å². The summed E-state index contributed by atoms with van der Waals surface area (Å²) in [5.41, 5.74) is 3.06. The molecule has 0 amide bonds. The predicted octanol–water partition coefficient (Wildman–Crippen LogP) is 4.46. The summed E-state index contributed by atoms with van der Waals surface area (Å²) in [5.74, 6) is 3.61. The second kappa shape index (κ2) is 9.13. The van der Waals surface area contributed by atoms with E-state index in [9.17, 15) is 0 Å². The monoisotopic (exact) mass is 482 g/mol. The van der Waals surface area contributed by atoms with Crippen LogP contribution in [-0.4, -0.2) is 40.0 Å². The number of rotatable bonds is 8. The largest absolute Gasteiger partial charge is 0.313 e. The molecule has 3 aromatic heterocycles. The molecule has 0 bridgehead atoms. The van der Waals surface area contributed by atoms with Crippen LogP contribution in [0.1, 0.15) is 44.9 Å². The van der Waals surface area contributed by atoms with Crippen LogP contribution in [0.3, 0.4) is 0 Å². The van der Waals surface area contributed by atoms with Crippen LogP contribution >= 0.6 is 15.9 Å². The van der Waals surface area contributed by atoms with Crippen LogP contribution in [-0.2, 0) is 19.4 Å². The third-order valence-corrected chi connectivity index (χ3v) is 5.55. The Morgan fingerprint density at radius 2 is 1.74 bits per heavy atom. The number of hydrogen-bond donors (Lipinski definition) is 1. The fraction of sp³-hybridized carbons (Fsp3) is 0.409. The number of nitrogens with one attached hydrogen (secondary N) is 1. The molecule has 0 atom stereocenters. The molecule has 1 N–H and O–H groups in total. The minimum absolute atomic E-state index is 0.535. The van der Waals surface area contributed by atoms with Crippen LogP contribution in [0.5, 0.6) is 0 Å². The third kappa shape index (κ3) is 4.92. The molecule has 0 fully saturated rings. The molecule has 0 radical (unpaired) electrons. The first kappa shape index (κ1) is 21.4. The molecule has 0 aliphatic heterocycles. The molecule has 31 heavy (non-hydrogen) atoms. The first-order chi connectivity index (χ1) is 14.9. The SMILES string of the molecule is CC(C)Cc1nc(CC(C)C)n(Cc2ccc(-n3ccc(Br)c3-c3nn[nH]n3)cc2)n1. The molecule has 0 aliphatic carbocycles. The third-order valence-electron chi connectivity index (χ3n) is 4.91. The van der Waals surface area contributed by atoms with E-state index in [0.29, 0.717) is 24.2 Å². The van der Waals surface area contributed by atoms with Gasteiger partial charge in [-0.15, -0.1) is 10.2 Å². The van der Waals surface area contributed by atoms with Crippen LogP contribution < -0.4 is 0 Å². The molecule has 4 rings (SSSR count). The molecule has 162 valence electrons. The van der Waals surface area contributed by atoms with Gasteiger partial charge in [0.1, 0.15) is 11.5 Å². The number of nitrogens with zero attached hydrogens (tertiary/aromatic N) is 7. The van der Waals surface area contributed by atoms with Crippen molar-refractivity contribution in [2.45, 2.75) is 47.1 Å². The standard InChI is InChI=1S/C22H27BrN8/c1-14(2)11-19-24-20(12-15(3)4)31(27-19)13-16-5-7-17(8-6-16)30-10-9-18(23)21(30)22-25-28-29-26-22/h5-10,14-15H,11-13H2,1-4H3,(H,25,26,28,29). The summed E-state index contributed by atoms with van der Waals surface area (Å²) < 4.78 is 5.01. The van der Waals surface area contributed by atoms with Gasteiger partial charge >= 0.3 is 0 Å². The normalized spacial score (nSPS) is 11.7. The lowest BCUT2D eigenvalue weighted by Crippen LogP contribution is -2.09. The molecule has 4 aromatic rings. The fourth-order valence-corrected chi connectivity index (χ4v) is 4.04. The fourth-order valence-electron chi connectivity index (χ4n) is 3.56. The number of hydrogen-bond acceptors (Lipinski definition) is 5. The summed E-state index contributed by atoms with van der Waals surface area (Å²) in [5, 5.41) is 19.2. The molecular weight excluding hydrogens is 456 g/mol. The zero-order valence-corrected chi connectivity index (χ0v) is 19.8. The van der Waals surface area contributed by atoms with E-state index in [1.807, 2.05) is 16.8 Å². The minimum atomic E-state index is 0.535. The highest BCUT2D eigenvalue weighted by Gasteiger charge is 2.16. The zero-order chi connectivity index (χ0) is 22.0. The van der Waals surface area contributed by atoms with E-state index in [2.05, 4.69) is 93.2 Å². The molecule has 0 unspecified atom stereocenters. The molecule has 3 heterocycles. The second-order valence-corrected chi connectivity index (χ2v) is 9.44. The Morgan fingerprint density at radius 3 is 2.39 bits per heavy atom. The van der Waals surface area contributed by atoms with E-state index < -0.39 is 0 Å². The van der Waals surface area contributed by atoms with E-state index in [1.54, 1.807) is 0 Å². The molecule has 0 aliphatic rings. The van der Waals surface area contributed by atoms with Gasteiger partial charge in [0.05, 0.1) is 6.54 Å². The van der Waals surface area contributed by atoms with Crippen molar-refractivity contribution in [2.24, 2.45) is 11.8 Å². The first-order valence-electron chi connectivity index (χ1n) is 10.5. The summed E-state index contributed by atoms with van der Waals surface area (Å²) in [6, 6.07) is 10.4. The van der Waals surface area contributed by atoms with Crippen molar-refractivity contribution in [2.75, 3.05) is 0 Å². The van der Waals surface area contributed by atoms with Gasteiger partial charge in [-0.3, -0.25) is 0 Å². The maximum absolute atomic E-state index is 4.81. The predicted molar refractivity (Wildman–Crippen MR) is 123 cm³/mol. The van der Waals surface area contributed by atoms with Crippen molar-refractivity contribution in [3.63, 3.8) is 0 Å². The first-order valence-corrected chi connectivity index (χ1v) is 11.3. The molecule has 1 aromatic carbocycles. The van der Waals surface area contributed by atoms with Crippen molar-refractivity contribution in [1.82, 2.24) is 40.0 Å². The summed E-state index contributed by atoms with van der Waals surface area (Å²) in [7, 11) is 0. The lowest BCUT2D eigenvalue weighted by Gasteiger charge is -2.10. The number of aromatic amines is 1. The van der Waals surface area contributed by atoms with Gasteiger partial charge in [0.25, 0.3) is 0 Å². The van der Waals surface area contributed by atoms with Crippen LogP contribution in [0, 0.1) is 11.8 Å². The van der Waals surface area contributed by atoms with Gasteiger partial charge < -0.3 is 4.57 Å². The van der Waals surface area contributed by atoms with Gasteiger partial charge in [0.15, 0.2) is 5.82 Å². The Kier molecular flexibility index (Phi) is 6.31. The van der Waals surface area contributed by atoms with Crippen LogP contribution in [0.25, 0.3) is 17.2 Å². The topological polar surface area (TPSA) is 90.1 Å². The maximum atomic E-state index is 4.81. The van der Waals surface area contributed by atoms with Crippen LogP contribution in [0.4, 0.5) is 0 Å². The lowest BCUT2D eigenvalue weighted by molar-refractivity contribution is 0.560. The molecule has 8 nitrogen and oxygen atoms in total. The average molecular weight is 483 g/mol. The van der Waals surface area contributed by atoms with Crippen molar-refractivity contribution in [3.8, 4) is 17.2 Å². The van der Waals surface area contributed by atoms with Crippen molar-refractivity contribution in [1.29, 1.82) is 0 Å². The minimum Gasteiger partial charge on any atom is -0.313 e. The lowest BCUT2D eigenvalue weighted by atomic mass is 10.1. The molecule has 0 spiro atoms. The highest BCUT2D eigenvalue weighted by Crippen LogP contribution is 2.29. The quantitative estimate of drug-likeness (QED) is 0.400. The number of benzene rings is 1. The van der Waals surface area contributed by atoms with E-state index in [-0.39, 0.29) is 0 Å². The van der Waals surface area contributed by atoms with E-state index >= 15 is 0 Å². The summed E-state index contributed by atoms with van der Waals surface area (Å²) >= 11 is 3.58. The zero-order valence-electron chi connectivity index (χ0n) is 18.2. The number of tetrazole rings is 1. The van der Waals surface area contributed by atoms with E-state index in [4.69, 9.17) is 10.1 Å². The summed E-state index contributed by atoms with van der Waals surface area (Å²) in [6.07, 6.45) is 3.81. The Morgan fingerprint density at radius 1 is 1.00 bits per heavy atom. The van der Waals surface area contributed by atoms with Gasteiger partial charge in [-0.1, -0.05) is 39.8 Å². The van der Waals surface area contributed by atoms with Crippen molar-refractivity contribution < 1.29 is 0 Å². The molecule has 9 heteroatoms. The Labute approximate surface area is 190 Å². The molecular formula is C22H27BrN8. The van der Waals surface area contributed by atoms with Gasteiger partial charge in [-0.05, 0) is 56.7 Å². The van der Waals surface area contributed by atoms with E-state index in [1.165, 1.54) is 5.56 Å². The Balaban J connectivity index is 1.58. The maximum Gasteiger partial charge on any atom is 0.222 e.